The largest absolute Gasteiger partial charge is 0.416 e. The van der Waals surface area contributed by atoms with Crippen molar-refractivity contribution in [2.75, 3.05) is 17.3 Å². The van der Waals surface area contributed by atoms with Crippen LogP contribution in [0.25, 0.3) is 0 Å². The number of amides is 1. The molecule has 1 aromatic rings. The minimum atomic E-state index is -2.89. The molecule has 2 atom stereocenters. The normalized spacial score (nSPS) is 21.2. The molecule has 1 fully saturated rings. The summed E-state index contributed by atoms with van der Waals surface area (Å²) >= 11 is 1.20. The molecule has 2 rings (SSSR count). The van der Waals surface area contributed by atoms with E-state index in [-0.39, 0.29) is 35.1 Å². The average Bonchev–Trinajstić information content (AvgIpc) is 3.03. The second-order valence-corrected chi connectivity index (χ2v) is 9.14. The first-order valence-corrected chi connectivity index (χ1v) is 10.6. The number of nitrogens with zero attached hydrogens (tertiary/aromatic N) is 2. The van der Waals surface area contributed by atoms with Gasteiger partial charge in [0.1, 0.15) is 0 Å². The van der Waals surface area contributed by atoms with Crippen LogP contribution < -0.4 is 5.32 Å². The number of carbonyl (C=O) groups is 1. The first-order chi connectivity index (χ1) is 10.9. The van der Waals surface area contributed by atoms with Crippen LogP contribution in [0.1, 0.15) is 39.0 Å². The van der Waals surface area contributed by atoms with Gasteiger partial charge in [-0.2, -0.15) is 0 Å². The molecule has 1 amide bonds. The molecule has 7 nitrogen and oxygen atoms in total. The van der Waals surface area contributed by atoms with E-state index in [0.717, 1.165) is 12.8 Å². The highest BCUT2D eigenvalue weighted by Crippen LogP contribution is 2.23. The van der Waals surface area contributed by atoms with E-state index in [0.29, 0.717) is 24.0 Å². The molecule has 0 saturated carbocycles. The number of sulfone groups is 1. The van der Waals surface area contributed by atoms with Crippen molar-refractivity contribution in [1.29, 1.82) is 0 Å². The summed E-state index contributed by atoms with van der Waals surface area (Å²) in [7, 11) is -2.89. The van der Waals surface area contributed by atoms with Gasteiger partial charge in [0, 0.05) is 12.5 Å². The molecule has 0 radical (unpaired) electrons. The highest BCUT2D eigenvalue weighted by atomic mass is 32.2. The standard InChI is InChI=1S/C14H23N3O4S2/c1-3-4-10(2)15-12(18)8-22-14-17-16-13(21-14)7-11-5-6-23(19,20)9-11/h10-11H,3-9H2,1-2H3,(H,15,18)/t10-,11+/m0/s1. The molecule has 2 heterocycles. The molecule has 130 valence electrons. The molecule has 1 saturated heterocycles. The van der Waals surface area contributed by atoms with Crippen LogP contribution in [0.2, 0.25) is 0 Å². The van der Waals surface area contributed by atoms with Gasteiger partial charge in [-0.25, -0.2) is 8.42 Å². The molecule has 0 aliphatic carbocycles. The van der Waals surface area contributed by atoms with Crippen LogP contribution in [0.15, 0.2) is 9.64 Å². The Labute approximate surface area is 140 Å². The molecule has 1 aliphatic rings. The van der Waals surface area contributed by atoms with Crippen LogP contribution in [0.5, 0.6) is 0 Å². The summed E-state index contributed by atoms with van der Waals surface area (Å²) in [6, 6.07) is 0.163. The van der Waals surface area contributed by atoms with Crippen molar-refractivity contribution in [3.63, 3.8) is 0 Å². The minimum absolute atomic E-state index is 0.0523. The maximum Gasteiger partial charge on any atom is 0.277 e. The number of hydrogen-bond acceptors (Lipinski definition) is 7. The Kier molecular flexibility index (Phi) is 6.46. The Bertz CT molecular complexity index is 630. The number of rotatable bonds is 8. The van der Waals surface area contributed by atoms with Crippen molar-refractivity contribution >= 4 is 27.5 Å². The highest BCUT2D eigenvalue weighted by Gasteiger charge is 2.29. The summed E-state index contributed by atoms with van der Waals surface area (Å²) in [5.41, 5.74) is 0. The molecule has 9 heteroatoms. The molecule has 1 aromatic heterocycles. The predicted octanol–water partition coefficient (Wildman–Crippen LogP) is 1.44. The second-order valence-electron chi connectivity index (χ2n) is 5.98. The van der Waals surface area contributed by atoms with Gasteiger partial charge < -0.3 is 9.73 Å². The Morgan fingerprint density at radius 3 is 2.91 bits per heavy atom. The molecule has 0 spiro atoms. The van der Waals surface area contributed by atoms with Gasteiger partial charge >= 0.3 is 0 Å². The Hall–Kier alpha value is -1.09. The molecule has 1 N–H and O–H groups in total. The van der Waals surface area contributed by atoms with E-state index in [9.17, 15) is 13.2 Å². The van der Waals surface area contributed by atoms with Crippen LogP contribution in [-0.4, -0.2) is 47.8 Å². The Morgan fingerprint density at radius 2 is 2.26 bits per heavy atom. The molecular weight excluding hydrogens is 338 g/mol. The SMILES string of the molecule is CCC[C@H](C)NC(=O)CSc1nnc(C[C@H]2CCS(=O)(=O)C2)o1. The zero-order valence-electron chi connectivity index (χ0n) is 13.4. The van der Waals surface area contributed by atoms with Gasteiger partial charge in [0.15, 0.2) is 9.84 Å². The number of hydrogen-bond donors (Lipinski definition) is 1. The van der Waals surface area contributed by atoms with E-state index >= 15 is 0 Å². The zero-order chi connectivity index (χ0) is 16.9. The highest BCUT2D eigenvalue weighted by molar-refractivity contribution is 7.99. The van der Waals surface area contributed by atoms with E-state index < -0.39 is 9.84 Å². The average molecular weight is 361 g/mol. The fourth-order valence-electron chi connectivity index (χ4n) is 2.61. The van der Waals surface area contributed by atoms with Crippen LogP contribution >= 0.6 is 11.8 Å². The van der Waals surface area contributed by atoms with Crippen molar-refractivity contribution in [2.24, 2.45) is 5.92 Å². The Balaban J connectivity index is 1.75. The zero-order valence-corrected chi connectivity index (χ0v) is 15.1. The lowest BCUT2D eigenvalue weighted by Crippen LogP contribution is -2.33. The monoisotopic (exact) mass is 361 g/mol. The second kappa shape index (κ2) is 8.14. The van der Waals surface area contributed by atoms with Gasteiger partial charge in [0.05, 0.1) is 17.3 Å². The molecule has 1 aliphatic heterocycles. The van der Waals surface area contributed by atoms with Crippen molar-refractivity contribution in [3.05, 3.63) is 5.89 Å². The van der Waals surface area contributed by atoms with Gasteiger partial charge in [0.25, 0.3) is 5.22 Å². The molecule has 0 aromatic carbocycles. The van der Waals surface area contributed by atoms with Gasteiger partial charge in [0.2, 0.25) is 11.8 Å². The lowest BCUT2D eigenvalue weighted by Gasteiger charge is -2.11. The summed E-state index contributed by atoms with van der Waals surface area (Å²) in [6.45, 7) is 4.06. The van der Waals surface area contributed by atoms with Crippen LogP contribution in [0.3, 0.4) is 0 Å². The molecule has 0 bridgehead atoms. The lowest BCUT2D eigenvalue weighted by molar-refractivity contribution is -0.119. The summed E-state index contributed by atoms with van der Waals surface area (Å²) in [5, 5.41) is 11.1. The lowest BCUT2D eigenvalue weighted by atomic mass is 10.1. The summed E-state index contributed by atoms with van der Waals surface area (Å²) < 4.78 is 28.3. The van der Waals surface area contributed by atoms with Gasteiger partial charge in [-0.1, -0.05) is 25.1 Å². The fourth-order valence-corrected chi connectivity index (χ4v) is 5.06. The number of thioether (sulfide) groups is 1. The van der Waals surface area contributed by atoms with Crippen LogP contribution in [0, 0.1) is 5.92 Å². The maximum absolute atomic E-state index is 11.8. The quantitative estimate of drug-likeness (QED) is 0.699. The first-order valence-electron chi connectivity index (χ1n) is 7.83. The third-order valence-electron chi connectivity index (χ3n) is 3.69. The van der Waals surface area contributed by atoms with Gasteiger partial charge in [-0.15, -0.1) is 10.2 Å². The fraction of sp³-hybridized carbons (Fsp3) is 0.786. The van der Waals surface area contributed by atoms with Gasteiger partial charge in [-0.05, 0) is 25.7 Å². The van der Waals surface area contributed by atoms with Crippen molar-refractivity contribution < 1.29 is 17.6 Å². The van der Waals surface area contributed by atoms with Crippen molar-refractivity contribution in [1.82, 2.24) is 15.5 Å². The smallest absolute Gasteiger partial charge is 0.277 e. The predicted molar refractivity (Wildman–Crippen MR) is 88.0 cm³/mol. The van der Waals surface area contributed by atoms with E-state index in [1.54, 1.807) is 0 Å². The Morgan fingerprint density at radius 1 is 1.48 bits per heavy atom. The minimum Gasteiger partial charge on any atom is -0.416 e. The van der Waals surface area contributed by atoms with Crippen LogP contribution in [-0.2, 0) is 21.1 Å². The summed E-state index contributed by atoms with van der Waals surface area (Å²) in [4.78, 5) is 11.8. The van der Waals surface area contributed by atoms with Crippen molar-refractivity contribution in [3.8, 4) is 0 Å². The van der Waals surface area contributed by atoms with E-state index in [1.807, 2.05) is 6.92 Å². The van der Waals surface area contributed by atoms with Crippen LogP contribution in [0.4, 0.5) is 0 Å². The number of nitrogens with one attached hydrogen (secondary N) is 1. The maximum atomic E-state index is 11.8. The summed E-state index contributed by atoms with van der Waals surface area (Å²) in [6.07, 6.45) is 3.10. The number of aromatic nitrogens is 2. The molecular formula is C14H23N3O4S2. The first kappa shape index (κ1) is 18.3. The molecule has 23 heavy (non-hydrogen) atoms. The third-order valence-corrected chi connectivity index (χ3v) is 6.35. The third kappa shape index (κ3) is 6.14. The molecule has 0 unspecified atom stereocenters. The summed E-state index contributed by atoms with van der Waals surface area (Å²) in [5.74, 6) is 1.09. The van der Waals surface area contributed by atoms with E-state index in [2.05, 4.69) is 22.4 Å². The topological polar surface area (TPSA) is 102 Å². The van der Waals surface area contributed by atoms with Gasteiger partial charge in [-0.3, -0.25) is 4.79 Å². The number of carbonyl (C=O) groups excluding carboxylic acids is 1. The van der Waals surface area contributed by atoms with E-state index in [1.165, 1.54) is 11.8 Å². The van der Waals surface area contributed by atoms with E-state index in [4.69, 9.17) is 4.42 Å². The van der Waals surface area contributed by atoms with Crippen molar-refractivity contribution in [2.45, 2.75) is 50.8 Å².